The Kier molecular flexibility index (Phi) is 16.1. The Labute approximate surface area is 279 Å². The summed E-state index contributed by atoms with van der Waals surface area (Å²) in [5.74, 6) is 0.735. The van der Waals surface area contributed by atoms with E-state index in [0.717, 1.165) is 87.5 Å². The van der Waals surface area contributed by atoms with Gasteiger partial charge in [0.1, 0.15) is 0 Å². The van der Waals surface area contributed by atoms with E-state index in [1.54, 1.807) is 0 Å². The van der Waals surface area contributed by atoms with Crippen LogP contribution in [-0.2, 0) is 0 Å². The molecule has 0 aromatic heterocycles. The fourth-order valence-corrected chi connectivity index (χ4v) is 6.43. The zero-order chi connectivity index (χ0) is 33.3. The lowest BCUT2D eigenvalue weighted by molar-refractivity contribution is 0.130. The van der Waals surface area contributed by atoms with Gasteiger partial charge in [-0.25, -0.2) is 9.59 Å². The molecule has 0 heterocycles. The van der Waals surface area contributed by atoms with E-state index in [1.807, 2.05) is 76.7 Å². The summed E-state index contributed by atoms with van der Waals surface area (Å²) in [7, 11) is 8.07. The van der Waals surface area contributed by atoms with Gasteiger partial charge in [-0.05, 0) is 86.1 Å². The Bertz CT molecular complexity index is 1060. The number of urea groups is 2. The van der Waals surface area contributed by atoms with E-state index in [9.17, 15) is 9.59 Å². The minimum atomic E-state index is -0.0197. The van der Waals surface area contributed by atoms with Crippen LogP contribution in [0.25, 0.3) is 0 Å². The second kappa shape index (κ2) is 20.0. The first-order valence-electron chi connectivity index (χ1n) is 17.9. The van der Waals surface area contributed by atoms with Crippen molar-refractivity contribution in [2.24, 2.45) is 11.8 Å². The van der Waals surface area contributed by atoms with Crippen molar-refractivity contribution < 1.29 is 9.59 Å². The van der Waals surface area contributed by atoms with Gasteiger partial charge in [-0.3, -0.25) is 0 Å². The van der Waals surface area contributed by atoms with E-state index in [4.69, 9.17) is 0 Å². The Morgan fingerprint density at radius 1 is 0.587 bits per heavy atom. The molecule has 8 nitrogen and oxygen atoms in total. The smallest absolute Gasteiger partial charge is 0.321 e. The van der Waals surface area contributed by atoms with Crippen LogP contribution >= 0.6 is 0 Å². The first-order chi connectivity index (χ1) is 22.2. The second-order valence-electron chi connectivity index (χ2n) is 13.6. The van der Waals surface area contributed by atoms with Gasteiger partial charge in [0, 0.05) is 77.1 Å². The van der Waals surface area contributed by atoms with Crippen molar-refractivity contribution in [3.05, 3.63) is 48.5 Å². The molecule has 0 radical (unpaired) electrons. The maximum Gasteiger partial charge on any atom is 0.321 e. The Morgan fingerprint density at radius 2 is 0.957 bits per heavy atom. The largest absolute Gasteiger partial charge is 0.378 e. The molecule has 0 aliphatic heterocycles. The quantitative estimate of drug-likeness (QED) is 0.160. The zero-order valence-corrected chi connectivity index (χ0v) is 29.7. The van der Waals surface area contributed by atoms with E-state index in [0.29, 0.717) is 11.8 Å². The second-order valence-corrected chi connectivity index (χ2v) is 13.6. The minimum absolute atomic E-state index is 0.0197. The molecule has 3 rings (SSSR count). The van der Waals surface area contributed by atoms with Crippen molar-refractivity contribution in [3.63, 3.8) is 0 Å². The molecule has 46 heavy (non-hydrogen) atoms. The van der Waals surface area contributed by atoms with Gasteiger partial charge in [0.25, 0.3) is 0 Å². The molecule has 8 heteroatoms. The first-order valence-corrected chi connectivity index (χ1v) is 17.9. The van der Waals surface area contributed by atoms with Gasteiger partial charge < -0.3 is 30.2 Å². The third-order valence-electron chi connectivity index (χ3n) is 9.38. The van der Waals surface area contributed by atoms with Crippen LogP contribution in [0.2, 0.25) is 0 Å². The molecule has 2 aromatic carbocycles. The summed E-state index contributed by atoms with van der Waals surface area (Å²) in [5, 5.41) is 6.36. The fourth-order valence-electron chi connectivity index (χ4n) is 6.43. The number of carbonyl (C=O) groups excluding carboxylic acids is 2. The molecular weight excluding hydrogens is 572 g/mol. The standard InChI is InChI=1S/C38H62N6O2/c1-7-9-11-15-27-43(37(45)39-33-19-23-35(24-20-33)41(3)4)29-31-17-13-14-18-32(31)30-44(28-16-12-10-8-2)38(46)40-34-21-25-36(26-22-34)42(5)6/h19-26,31-32H,7-18,27-30H2,1-6H3,(H,39,45)(H,40,46)/t31-,32-/m0/s1. The zero-order valence-electron chi connectivity index (χ0n) is 29.7. The van der Waals surface area contributed by atoms with Crippen molar-refractivity contribution in [1.29, 1.82) is 0 Å². The first kappa shape index (κ1) is 37.0. The number of unbranched alkanes of at least 4 members (excludes halogenated alkanes) is 6. The average Bonchev–Trinajstić information content (AvgIpc) is 3.05. The monoisotopic (exact) mass is 634 g/mol. The minimum Gasteiger partial charge on any atom is -0.378 e. The molecule has 1 saturated carbocycles. The van der Waals surface area contributed by atoms with Gasteiger partial charge in [-0.1, -0.05) is 65.2 Å². The summed E-state index contributed by atoms with van der Waals surface area (Å²) in [4.78, 5) is 35.6. The number of nitrogens with zero attached hydrogens (tertiary/aromatic N) is 4. The van der Waals surface area contributed by atoms with Gasteiger partial charge in [0.2, 0.25) is 0 Å². The number of anilines is 4. The third-order valence-corrected chi connectivity index (χ3v) is 9.38. The molecule has 0 bridgehead atoms. The highest BCUT2D eigenvalue weighted by molar-refractivity contribution is 5.90. The lowest BCUT2D eigenvalue weighted by Gasteiger charge is -2.38. The number of benzene rings is 2. The average molecular weight is 635 g/mol. The van der Waals surface area contributed by atoms with E-state index >= 15 is 0 Å². The molecule has 1 fully saturated rings. The van der Waals surface area contributed by atoms with Crippen LogP contribution in [0.5, 0.6) is 0 Å². The highest BCUT2D eigenvalue weighted by Crippen LogP contribution is 2.32. The van der Waals surface area contributed by atoms with Crippen molar-refractivity contribution >= 4 is 34.8 Å². The van der Waals surface area contributed by atoms with Gasteiger partial charge in [0.05, 0.1) is 0 Å². The number of carbonyl (C=O) groups is 2. The Balaban J connectivity index is 1.72. The summed E-state index contributed by atoms with van der Waals surface area (Å²) in [5.41, 5.74) is 3.85. The molecule has 1 aliphatic rings. The van der Waals surface area contributed by atoms with E-state index in [1.165, 1.54) is 38.5 Å². The lowest BCUT2D eigenvalue weighted by atomic mass is 9.78. The lowest BCUT2D eigenvalue weighted by Crippen LogP contribution is -2.45. The fraction of sp³-hybridized carbons (Fsp3) is 0.632. The predicted molar refractivity (Wildman–Crippen MR) is 196 cm³/mol. The van der Waals surface area contributed by atoms with Crippen LogP contribution in [0, 0.1) is 11.8 Å². The number of amides is 4. The molecule has 2 aromatic rings. The molecule has 0 saturated heterocycles. The SMILES string of the molecule is CCCCCCN(C[C@@H]1CCCC[C@H]1CN(CCCCCC)C(=O)Nc1ccc(N(C)C)cc1)C(=O)Nc1ccc(N(C)C)cc1. The van der Waals surface area contributed by atoms with Crippen LogP contribution in [0.3, 0.4) is 0 Å². The molecule has 4 amide bonds. The highest BCUT2D eigenvalue weighted by Gasteiger charge is 2.31. The molecule has 2 atom stereocenters. The Hall–Kier alpha value is -3.42. The Morgan fingerprint density at radius 3 is 1.28 bits per heavy atom. The number of hydrogen-bond donors (Lipinski definition) is 2. The van der Waals surface area contributed by atoms with Crippen LogP contribution in [0.4, 0.5) is 32.3 Å². The summed E-state index contributed by atoms with van der Waals surface area (Å²) in [6.45, 7) is 7.42. The van der Waals surface area contributed by atoms with E-state index < -0.39 is 0 Å². The van der Waals surface area contributed by atoms with Gasteiger partial charge >= 0.3 is 12.1 Å². The maximum absolute atomic E-state index is 13.7. The molecule has 0 unspecified atom stereocenters. The molecule has 2 N–H and O–H groups in total. The molecule has 0 spiro atoms. The van der Waals surface area contributed by atoms with E-state index in [2.05, 4.69) is 44.1 Å². The highest BCUT2D eigenvalue weighted by atomic mass is 16.2. The maximum atomic E-state index is 13.7. The van der Waals surface area contributed by atoms with E-state index in [-0.39, 0.29) is 12.1 Å². The van der Waals surface area contributed by atoms with Gasteiger partial charge in [-0.2, -0.15) is 0 Å². The molecular formula is C38H62N6O2. The van der Waals surface area contributed by atoms with Crippen molar-refractivity contribution in [2.45, 2.75) is 90.9 Å². The van der Waals surface area contributed by atoms with Crippen molar-refractivity contribution in [1.82, 2.24) is 9.80 Å². The van der Waals surface area contributed by atoms with Crippen LogP contribution in [-0.4, -0.2) is 76.2 Å². The summed E-state index contributed by atoms with van der Waals surface area (Å²) >= 11 is 0. The van der Waals surface area contributed by atoms with Crippen LogP contribution in [0.15, 0.2) is 48.5 Å². The number of hydrogen-bond acceptors (Lipinski definition) is 4. The third kappa shape index (κ3) is 12.4. The summed E-state index contributed by atoms with van der Waals surface area (Å²) in [6, 6.07) is 16.0. The summed E-state index contributed by atoms with van der Waals surface area (Å²) in [6.07, 6.45) is 13.6. The van der Waals surface area contributed by atoms with Gasteiger partial charge in [-0.15, -0.1) is 0 Å². The van der Waals surface area contributed by atoms with Crippen molar-refractivity contribution in [3.8, 4) is 0 Å². The number of rotatable bonds is 18. The normalized spacial score (nSPS) is 16.0. The molecule has 1 aliphatic carbocycles. The van der Waals surface area contributed by atoms with Gasteiger partial charge in [0.15, 0.2) is 0 Å². The molecule has 256 valence electrons. The predicted octanol–water partition coefficient (Wildman–Crippen LogP) is 9.15. The van der Waals surface area contributed by atoms with Crippen molar-refractivity contribution in [2.75, 3.05) is 74.8 Å². The van der Waals surface area contributed by atoms with Crippen LogP contribution in [0.1, 0.15) is 90.9 Å². The summed E-state index contributed by atoms with van der Waals surface area (Å²) < 4.78 is 0. The number of nitrogens with one attached hydrogen (secondary N) is 2. The topological polar surface area (TPSA) is 71.2 Å². The van der Waals surface area contributed by atoms with Crippen LogP contribution < -0.4 is 20.4 Å².